The maximum Gasteiger partial charge on any atom is 0.387 e. The number of ether oxygens (including phenoxy) is 1. The van der Waals surface area contributed by atoms with Gasteiger partial charge in [0.15, 0.2) is 0 Å². The van der Waals surface area contributed by atoms with Gasteiger partial charge in [0, 0.05) is 12.6 Å². The summed E-state index contributed by atoms with van der Waals surface area (Å²) in [4.78, 5) is 11.6. The molecular formula is C16H12F2N2O2. The smallest absolute Gasteiger partial charge is 0.387 e. The first-order valence-corrected chi connectivity index (χ1v) is 6.37. The van der Waals surface area contributed by atoms with E-state index < -0.39 is 12.5 Å². The number of rotatable bonds is 4. The van der Waals surface area contributed by atoms with Gasteiger partial charge in [-0.3, -0.25) is 4.79 Å². The SMILES string of the molecule is CNC(=O)/C(C#N)=C/c1c(OC(F)F)ccc2ccccc12. The van der Waals surface area contributed by atoms with Crippen molar-refractivity contribution in [2.24, 2.45) is 0 Å². The Morgan fingerprint density at radius 2 is 2.05 bits per heavy atom. The molecule has 0 bridgehead atoms. The second kappa shape index (κ2) is 6.68. The van der Waals surface area contributed by atoms with Gasteiger partial charge in [0.1, 0.15) is 17.4 Å². The minimum atomic E-state index is -3.00. The van der Waals surface area contributed by atoms with Gasteiger partial charge < -0.3 is 10.1 Å². The Balaban J connectivity index is 2.69. The first-order valence-electron chi connectivity index (χ1n) is 6.37. The Kier molecular flexibility index (Phi) is 4.69. The average molecular weight is 302 g/mol. The highest BCUT2D eigenvalue weighted by molar-refractivity contribution is 6.04. The molecule has 0 fully saturated rings. The van der Waals surface area contributed by atoms with Crippen LogP contribution in [0.3, 0.4) is 0 Å². The summed E-state index contributed by atoms with van der Waals surface area (Å²) >= 11 is 0. The van der Waals surface area contributed by atoms with Gasteiger partial charge in [0.25, 0.3) is 5.91 Å². The van der Waals surface area contributed by atoms with Crippen molar-refractivity contribution < 1.29 is 18.3 Å². The number of hydrogen-bond acceptors (Lipinski definition) is 3. The molecule has 0 atom stereocenters. The lowest BCUT2D eigenvalue weighted by Crippen LogP contribution is -2.19. The van der Waals surface area contributed by atoms with Gasteiger partial charge in [-0.05, 0) is 22.9 Å². The summed E-state index contributed by atoms with van der Waals surface area (Å²) in [5, 5.41) is 12.8. The van der Waals surface area contributed by atoms with Crippen LogP contribution in [0.4, 0.5) is 8.78 Å². The number of fused-ring (bicyclic) bond motifs is 1. The summed E-state index contributed by atoms with van der Waals surface area (Å²) in [5.74, 6) is -0.691. The number of nitriles is 1. The van der Waals surface area contributed by atoms with Gasteiger partial charge in [-0.25, -0.2) is 0 Å². The van der Waals surface area contributed by atoms with E-state index in [1.807, 2.05) is 0 Å². The van der Waals surface area contributed by atoms with Crippen molar-refractivity contribution in [2.45, 2.75) is 6.61 Å². The molecule has 0 aliphatic heterocycles. The molecule has 112 valence electrons. The van der Waals surface area contributed by atoms with Crippen molar-refractivity contribution in [2.75, 3.05) is 7.05 Å². The van der Waals surface area contributed by atoms with Crippen LogP contribution in [0.1, 0.15) is 5.56 Å². The fourth-order valence-electron chi connectivity index (χ4n) is 2.05. The van der Waals surface area contributed by atoms with E-state index in [-0.39, 0.29) is 16.9 Å². The fraction of sp³-hybridized carbons (Fsp3) is 0.125. The van der Waals surface area contributed by atoms with Crippen LogP contribution in [-0.2, 0) is 4.79 Å². The van der Waals surface area contributed by atoms with Gasteiger partial charge in [0.05, 0.1) is 0 Å². The van der Waals surface area contributed by atoms with Gasteiger partial charge in [-0.15, -0.1) is 0 Å². The van der Waals surface area contributed by atoms with Crippen LogP contribution in [-0.4, -0.2) is 19.6 Å². The maximum absolute atomic E-state index is 12.6. The minimum Gasteiger partial charge on any atom is -0.434 e. The number of carbonyl (C=O) groups is 1. The molecule has 2 aromatic carbocycles. The summed E-state index contributed by atoms with van der Waals surface area (Å²) in [6.07, 6.45) is 1.25. The van der Waals surface area contributed by atoms with Crippen molar-refractivity contribution in [3.05, 3.63) is 47.5 Å². The fourth-order valence-corrected chi connectivity index (χ4v) is 2.05. The standard InChI is InChI=1S/C16H12F2N2O2/c1-20-15(21)11(9-19)8-13-12-5-3-2-4-10(12)6-7-14(13)22-16(17)18/h2-8,16H,1H3,(H,20,21)/b11-8+. The van der Waals surface area contributed by atoms with Crippen molar-refractivity contribution in [1.29, 1.82) is 5.26 Å². The van der Waals surface area contributed by atoms with E-state index in [2.05, 4.69) is 10.1 Å². The zero-order valence-corrected chi connectivity index (χ0v) is 11.6. The largest absolute Gasteiger partial charge is 0.434 e. The van der Waals surface area contributed by atoms with E-state index in [9.17, 15) is 13.6 Å². The third kappa shape index (κ3) is 3.20. The lowest BCUT2D eigenvalue weighted by Gasteiger charge is -2.11. The van der Waals surface area contributed by atoms with Crippen LogP contribution in [0.25, 0.3) is 16.8 Å². The molecule has 2 rings (SSSR count). The summed E-state index contributed by atoms with van der Waals surface area (Å²) in [7, 11) is 1.38. The Morgan fingerprint density at radius 1 is 1.32 bits per heavy atom. The molecule has 0 heterocycles. The zero-order chi connectivity index (χ0) is 16.1. The number of carbonyl (C=O) groups excluding carboxylic acids is 1. The predicted molar refractivity (Wildman–Crippen MR) is 78.2 cm³/mol. The van der Waals surface area contributed by atoms with Crippen molar-refractivity contribution in [3.63, 3.8) is 0 Å². The van der Waals surface area contributed by atoms with E-state index >= 15 is 0 Å². The topological polar surface area (TPSA) is 62.1 Å². The van der Waals surface area contributed by atoms with E-state index in [1.165, 1.54) is 19.2 Å². The second-order valence-electron chi connectivity index (χ2n) is 4.33. The van der Waals surface area contributed by atoms with Crippen molar-refractivity contribution in [3.8, 4) is 11.8 Å². The number of likely N-dealkylation sites (N-methyl/N-ethyl adjacent to an activating group) is 1. The molecular weight excluding hydrogens is 290 g/mol. The Hall–Kier alpha value is -2.94. The number of amides is 1. The maximum atomic E-state index is 12.6. The number of nitrogens with one attached hydrogen (secondary N) is 1. The molecule has 1 amide bonds. The van der Waals surface area contributed by atoms with Crippen LogP contribution < -0.4 is 10.1 Å². The molecule has 0 aliphatic rings. The van der Waals surface area contributed by atoms with E-state index in [0.717, 1.165) is 5.39 Å². The average Bonchev–Trinajstić information content (AvgIpc) is 2.52. The summed E-state index contributed by atoms with van der Waals surface area (Å²) in [6, 6.07) is 11.8. The molecule has 2 aromatic rings. The Bertz CT molecular complexity index is 779. The Labute approximate surface area is 125 Å². The monoisotopic (exact) mass is 302 g/mol. The van der Waals surface area contributed by atoms with Crippen LogP contribution in [0.2, 0.25) is 0 Å². The summed E-state index contributed by atoms with van der Waals surface area (Å²) in [5.41, 5.74) is 0.0662. The van der Waals surface area contributed by atoms with Gasteiger partial charge in [-0.1, -0.05) is 30.3 Å². The molecule has 0 saturated heterocycles. The lowest BCUT2D eigenvalue weighted by atomic mass is 10.0. The van der Waals surface area contributed by atoms with Gasteiger partial charge >= 0.3 is 6.61 Å². The van der Waals surface area contributed by atoms with E-state index in [0.29, 0.717) is 5.39 Å². The third-order valence-corrected chi connectivity index (χ3v) is 3.03. The molecule has 0 aliphatic carbocycles. The number of benzene rings is 2. The molecule has 0 radical (unpaired) electrons. The molecule has 0 aromatic heterocycles. The van der Waals surface area contributed by atoms with Crippen LogP contribution >= 0.6 is 0 Å². The normalized spacial score (nSPS) is 11.3. The van der Waals surface area contributed by atoms with Crippen molar-refractivity contribution in [1.82, 2.24) is 5.32 Å². The minimum absolute atomic E-state index is 0.0923. The lowest BCUT2D eigenvalue weighted by molar-refractivity contribution is -0.116. The molecule has 0 spiro atoms. The first kappa shape index (κ1) is 15.4. The van der Waals surface area contributed by atoms with Gasteiger partial charge in [0.2, 0.25) is 0 Å². The number of alkyl halides is 2. The van der Waals surface area contributed by atoms with E-state index in [1.54, 1.807) is 36.4 Å². The highest BCUT2D eigenvalue weighted by Crippen LogP contribution is 2.31. The van der Waals surface area contributed by atoms with Crippen LogP contribution in [0, 0.1) is 11.3 Å². The first-order chi connectivity index (χ1) is 10.6. The predicted octanol–water partition coefficient (Wildman–Crippen LogP) is 3.09. The summed E-state index contributed by atoms with van der Waals surface area (Å²) in [6.45, 7) is -3.00. The highest BCUT2D eigenvalue weighted by atomic mass is 19.3. The molecule has 1 N–H and O–H groups in total. The molecule has 0 saturated carbocycles. The van der Waals surface area contributed by atoms with Gasteiger partial charge in [-0.2, -0.15) is 14.0 Å². The number of halogens is 2. The zero-order valence-electron chi connectivity index (χ0n) is 11.6. The summed E-state index contributed by atoms with van der Waals surface area (Å²) < 4.78 is 29.6. The number of nitrogens with zero attached hydrogens (tertiary/aromatic N) is 1. The quantitative estimate of drug-likeness (QED) is 0.697. The van der Waals surface area contributed by atoms with Crippen molar-refractivity contribution >= 4 is 22.8 Å². The van der Waals surface area contributed by atoms with Crippen LogP contribution in [0.15, 0.2) is 42.0 Å². The van der Waals surface area contributed by atoms with E-state index in [4.69, 9.17) is 5.26 Å². The Morgan fingerprint density at radius 3 is 2.68 bits per heavy atom. The number of hydrogen-bond donors (Lipinski definition) is 1. The second-order valence-corrected chi connectivity index (χ2v) is 4.33. The van der Waals surface area contributed by atoms with Crippen LogP contribution in [0.5, 0.6) is 5.75 Å². The highest BCUT2D eigenvalue weighted by Gasteiger charge is 2.14. The third-order valence-electron chi connectivity index (χ3n) is 3.03. The molecule has 22 heavy (non-hydrogen) atoms. The molecule has 0 unspecified atom stereocenters. The molecule has 6 heteroatoms. The molecule has 4 nitrogen and oxygen atoms in total.